The molecule has 4 atom stereocenters. The van der Waals surface area contributed by atoms with E-state index < -0.39 is 0 Å². The van der Waals surface area contributed by atoms with E-state index in [1.807, 2.05) is 0 Å². The minimum Gasteiger partial charge on any atom is -0.396 e. The topological polar surface area (TPSA) is 20.2 Å². The first-order valence-electron chi connectivity index (χ1n) is 14.8. The van der Waals surface area contributed by atoms with Crippen LogP contribution in [0.1, 0.15) is 136 Å². The van der Waals surface area contributed by atoms with Crippen LogP contribution >= 0.6 is 0 Å². The Bertz CT molecular complexity index is 457. The Kier molecular flexibility index (Phi) is 11.2. The first-order chi connectivity index (χ1) is 15.2. The van der Waals surface area contributed by atoms with Crippen LogP contribution in [-0.4, -0.2) is 11.7 Å². The van der Waals surface area contributed by atoms with E-state index >= 15 is 0 Å². The molecule has 31 heavy (non-hydrogen) atoms. The van der Waals surface area contributed by atoms with Gasteiger partial charge in [-0.2, -0.15) is 0 Å². The maximum atomic E-state index is 9.27. The monoisotopic (exact) mass is 432 g/mol. The summed E-state index contributed by atoms with van der Waals surface area (Å²) in [4.78, 5) is 0. The van der Waals surface area contributed by atoms with Crippen LogP contribution in [0.2, 0.25) is 0 Å². The number of rotatable bonds is 11. The fraction of sp³-hybridized carbons (Fsp3) is 1.00. The molecule has 3 rings (SSSR count). The Hall–Kier alpha value is -0.0400. The van der Waals surface area contributed by atoms with E-state index in [1.54, 1.807) is 38.5 Å². The molecule has 0 aromatic rings. The normalized spacial score (nSPS) is 38.1. The molecule has 0 amide bonds. The molecule has 3 fully saturated rings. The summed E-state index contributed by atoms with van der Waals surface area (Å²) < 4.78 is 0. The van der Waals surface area contributed by atoms with Crippen LogP contribution in [0.25, 0.3) is 0 Å². The third kappa shape index (κ3) is 7.48. The van der Waals surface area contributed by atoms with Crippen molar-refractivity contribution in [3.63, 3.8) is 0 Å². The molecule has 0 saturated heterocycles. The molecule has 3 aliphatic rings. The predicted molar refractivity (Wildman–Crippen MR) is 135 cm³/mol. The number of hydrogen-bond donors (Lipinski definition) is 1. The van der Waals surface area contributed by atoms with Crippen LogP contribution in [0.4, 0.5) is 0 Å². The molecule has 0 radical (unpaired) electrons. The van der Waals surface area contributed by atoms with Crippen LogP contribution in [0.3, 0.4) is 0 Å². The summed E-state index contributed by atoms with van der Waals surface area (Å²) in [5.74, 6) is 8.02. The fourth-order valence-corrected chi connectivity index (χ4v) is 8.28. The first kappa shape index (κ1) is 25.6. The molecular formula is C30H56O. The minimum atomic E-state index is 0.401. The van der Waals surface area contributed by atoms with E-state index in [1.165, 1.54) is 70.6 Å². The Morgan fingerprint density at radius 3 is 2.00 bits per heavy atom. The number of unbranched alkanes of at least 4 members (excludes halogenated alkanes) is 1. The first-order valence-corrected chi connectivity index (χ1v) is 14.8. The zero-order chi connectivity index (χ0) is 22.1. The molecule has 0 aromatic heterocycles. The van der Waals surface area contributed by atoms with Gasteiger partial charge >= 0.3 is 0 Å². The van der Waals surface area contributed by atoms with Gasteiger partial charge in [0.2, 0.25) is 0 Å². The standard InChI is InChI=1S/C30H56O/c1-4-7-8-23(5-2)21-25-11-13-27(14-12-25)29-17-18-30(26(6-3)22-29)28-15-9-24(10-16-28)19-20-31/h23-31H,4-22H2,1-3H3. The molecule has 1 heteroatoms. The third-order valence-electron chi connectivity index (χ3n) is 10.4. The Morgan fingerprint density at radius 2 is 1.39 bits per heavy atom. The van der Waals surface area contributed by atoms with Crippen molar-refractivity contribution in [3.05, 3.63) is 0 Å². The van der Waals surface area contributed by atoms with E-state index in [-0.39, 0.29) is 0 Å². The Labute approximate surface area is 195 Å². The zero-order valence-electron chi connectivity index (χ0n) is 21.5. The largest absolute Gasteiger partial charge is 0.396 e. The van der Waals surface area contributed by atoms with Crippen LogP contribution in [0.15, 0.2) is 0 Å². The number of aliphatic hydroxyl groups excluding tert-OH is 1. The average molecular weight is 433 g/mol. The lowest BCUT2D eigenvalue weighted by molar-refractivity contribution is 0.0500. The van der Waals surface area contributed by atoms with Gasteiger partial charge in [-0.25, -0.2) is 0 Å². The molecule has 0 spiro atoms. The smallest absolute Gasteiger partial charge is 0.0433 e. The molecule has 0 aromatic carbocycles. The van der Waals surface area contributed by atoms with Crippen molar-refractivity contribution in [2.75, 3.05) is 6.61 Å². The van der Waals surface area contributed by atoms with Gasteiger partial charge in [0.15, 0.2) is 0 Å². The molecule has 1 N–H and O–H groups in total. The number of aliphatic hydroxyl groups is 1. The molecule has 4 unspecified atom stereocenters. The average Bonchev–Trinajstić information content (AvgIpc) is 2.82. The van der Waals surface area contributed by atoms with Gasteiger partial charge in [-0.05, 0) is 105 Å². The maximum absolute atomic E-state index is 9.27. The van der Waals surface area contributed by atoms with Crippen LogP contribution < -0.4 is 0 Å². The zero-order valence-corrected chi connectivity index (χ0v) is 21.5. The van der Waals surface area contributed by atoms with E-state index in [2.05, 4.69) is 20.8 Å². The van der Waals surface area contributed by atoms with E-state index in [4.69, 9.17) is 0 Å². The van der Waals surface area contributed by atoms with Crippen molar-refractivity contribution < 1.29 is 5.11 Å². The van der Waals surface area contributed by atoms with Gasteiger partial charge in [0.25, 0.3) is 0 Å². The SMILES string of the molecule is CCCCC(CC)CC1CCC(C2CCC(C3CCC(CCO)CC3)C(CC)C2)CC1. The lowest BCUT2D eigenvalue weighted by Crippen LogP contribution is -2.35. The molecule has 3 saturated carbocycles. The molecule has 1 nitrogen and oxygen atoms in total. The summed E-state index contributed by atoms with van der Waals surface area (Å²) in [6.45, 7) is 7.65. The minimum absolute atomic E-state index is 0.401. The highest BCUT2D eigenvalue weighted by atomic mass is 16.3. The summed E-state index contributed by atoms with van der Waals surface area (Å²) in [5.41, 5.74) is 0. The maximum Gasteiger partial charge on any atom is 0.0433 e. The van der Waals surface area contributed by atoms with E-state index in [0.717, 1.165) is 53.8 Å². The van der Waals surface area contributed by atoms with Gasteiger partial charge < -0.3 is 5.11 Å². The van der Waals surface area contributed by atoms with Crippen molar-refractivity contribution in [3.8, 4) is 0 Å². The van der Waals surface area contributed by atoms with Crippen molar-refractivity contribution in [2.45, 2.75) is 136 Å². The van der Waals surface area contributed by atoms with Gasteiger partial charge in [-0.15, -0.1) is 0 Å². The fourth-order valence-electron chi connectivity index (χ4n) is 8.28. The molecule has 0 heterocycles. The van der Waals surface area contributed by atoms with Gasteiger partial charge in [0.05, 0.1) is 0 Å². The van der Waals surface area contributed by atoms with Crippen LogP contribution in [0, 0.1) is 47.3 Å². The van der Waals surface area contributed by atoms with Crippen molar-refractivity contribution in [1.29, 1.82) is 0 Å². The Morgan fingerprint density at radius 1 is 0.742 bits per heavy atom. The van der Waals surface area contributed by atoms with Crippen molar-refractivity contribution in [2.24, 2.45) is 47.3 Å². The second-order valence-electron chi connectivity index (χ2n) is 12.1. The third-order valence-corrected chi connectivity index (χ3v) is 10.4. The highest BCUT2D eigenvalue weighted by Crippen LogP contribution is 2.50. The predicted octanol–water partition coefficient (Wildman–Crippen LogP) is 9.03. The summed E-state index contributed by atoms with van der Waals surface area (Å²) >= 11 is 0. The van der Waals surface area contributed by atoms with E-state index in [9.17, 15) is 5.11 Å². The summed E-state index contributed by atoms with van der Waals surface area (Å²) in [5, 5.41) is 9.27. The van der Waals surface area contributed by atoms with Gasteiger partial charge in [-0.1, -0.05) is 78.6 Å². The molecular weight excluding hydrogens is 376 g/mol. The lowest BCUT2D eigenvalue weighted by Gasteiger charge is -2.45. The molecule has 182 valence electrons. The number of hydrogen-bond acceptors (Lipinski definition) is 1. The summed E-state index contributed by atoms with van der Waals surface area (Å²) in [7, 11) is 0. The second-order valence-corrected chi connectivity index (χ2v) is 12.1. The Balaban J connectivity index is 1.42. The van der Waals surface area contributed by atoms with Gasteiger partial charge in [-0.3, -0.25) is 0 Å². The molecule has 0 aliphatic heterocycles. The summed E-state index contributed by atoms with van der Waals surface area (Å²) in [6, 6.07) is 0. The lowest BCUT2D eigenvalue weighted by atomic mass is 9.60. The highest BCUT2D eigenvalue weighted by Gasteiger charge is 2.39. The molecule has 0 bridgehead atoms. The van der Waals surface area contributed by atoms with Crippen molar-refractivity contribution in [1.82, 2.24) is 0 Å². The molecule has 3 aliphatic carbocycles. The second kappa shape index (κ2) is 13.6. The highest BCUT2D eigenvalue weighted by molar-refractivity contribution is 4.89. The summed E-state index contributed by atoms with van der Waals surface area (Å²) in [6.07, 6.45) is 26.2. The van der Waals surface area contributed by atoms with Crippen LogP contribution in [0.5, 0.6) is 0 Å². The van der Waals surface area contributed by atoms with Crippen molar-refractivity contribution >= 4 is 0 Å². The van der Waals surface area contributed by atoms with Gasteiger partial charge in [0.1, 0.15) is 0 Å². The quantitative estimate of drug-likeness (QED) is 0.345. The van der Waals surface area contributed by atoms with E-state index in [0.29, 0.717) is 6.61 Å². The van der Waals surface area contributed by atoms with Gasteiger partial charge in [0, 0.05) is 6.61 Å². The van der Waals surface area contributed by atoms with Crippen LogP contribution in [-0.2, 0) is 0 Å².